The van der Waals surface area contributed by atoms with E-state index in [1.165, 1.54) is 0 Å². The summed E-state index contributed by atoms with van der Waals surface area (Å²) in [7, 11) is 1.90. The third-order valence-corrected chi connectivity index (χ3v) is 3.93. The van der Waals surface area contributed by atoms with Gasteiger partial charge in [-0.3, -0.25) is 4.98 Å². The molecular formula is C14H13BrCl2N2. The molecule has 0 saturated carbocycles. The molecule has 0 amide bonds. The van der Waals surface area contributed by atoms with Crippen molar-refractivity contribution in [3.63, 3.8) is 0 Å². The summed E-state index contributed by atoms with van der Waals surface area (Å²) < 4.78 is 0.970. The zero-order valence-electron chi connectivity index (χ0n) is 10.3. The highest BCUT2D eigenvalue weighted by Crippen LogP contribution is 2.28. The first-order valence-electron chi connectivity index (χ1n) is 5.83. The van der Waals surface area contributed by atoms with Gasteiger partial charge >= 0.3 is 0 Å². The van der Waals surface area contributed by atoms with Crippen molar-refractivity contribution in [2.24, 2.45) is 0 Å². The van der Waals surface area contributed by atoms with Crippen LogP contribution in [0.4, 0.5) is 0 Å². The number of halogens is 3. The molecule has 1 heterocycles. The van der Waals surface area contributed by atoms with Crippen LogP contribution >= 0.6 is 39.1 Å². The van der Waals surface area contributed by atoms with Gasteiger partial charge in [-0.15, -0.1) is 0 Å². The number of pyridine rings is 1. The minimum absolute atomic E-state index is 0.0832. The van der Waals surface area contributed by atoms with Crippen LogP contribution in [0.15, 0.2) is 41.0 Å². The van der Waals surface area contributed by atoms with Gasteiger partial charge < -0.3 is 5.32 Å². The number of rotatable bonds is 4. The Bertz CT molecular complexity index is 558. The van der Waals surface area contributed by atoms with Gasteiger partial charge in [-0.25, -0.2) is 0 Å². The Morgan fingerprint density at radius 2 is 2.05 bits per heavy atom. The molecule has 0 radical (unpaired) electrons. The van der Waals surface area contributed by atoms with E-state index >= 15 is 0 Å². The lowest BCUT2D eigenvalue weighted by molar-refractivity contribution is 0.584. The monoisotopic (exact) mass is 358 g/mol. The van der Waals surface area contributed by atoms with Crippen LogP contribution in [0.1, 0.15) is 17.3 Å². The summed E-state index contributed by atoms with van der Waals surface area (Å²) in [5.41, 5.74) is 1.99. The average Bonchev–Trinajstić information content (AvgIpc) is 2.41. The molecule has 5 heteroatoms. The van der Waals surface area contributed by atoms with E-state index in [0.717, 1.165) is 22.2 Å². The highest BCUT2D eigenvalue weighted by atomic mass is 79.9. The molecule has 100 valence electrons. The molecule has 2 rings (SSSR count). The topological polar surface area (TPSA) is 24.9 Å². The van der Waals surface area contributed by atoms with E-state index in [4.69, 9.17) is 23.2 Å². The molecule has 2 nitrogen and oxygen atoms in total. The highest BCUT2D eigenvalue weighted by Gasteiger charge is 2.14. The lowest BCUT2D eigenvalue weighted by Crippen LogP contribution is -2.19. The Labute approximate surface area is 131 Å². The van der Waals surface area contributed by atoms with Crippen molar-refractivity contribution in [2.75, 3.05) is 7.05 Å². The van der Waals surface area contributed by atoms with Crippen LogP contribution in [0.25, 0.3) is 0 Å². The summed E-state index contributed by atoms with van der Waals surface area (Å²) in [5.74, 6) is 0. The molecule has 0 spiro atoms. The van der Waals surface area contributed by atoms with Crippen LogP contribution in [0.2, 0.25) is 10.0 Å². The van der Waals surface area contributed by atoms with E-state index in [-0.39, 0.29) is 6.04 Å². The van der Waals surface area contributed by atoms with Crippen molar-refractivity contribution in [2.45, 2.75) is 12.5 Å². The highest BCUT2D eigenvalue weighted by molar-refractivity contribution is 9.10. The van der Waals surface area contributed by atoms with Crippen molar-refractivity contribution in [1.29, 1.82) is 0 Å². The Kier molecular flexibility index (Phi) is 5.22. The quantitative estimate of drug-likeness (QED) is 0.859. The van der Waals surface area contributed by atoms with Crippen molar-refractivity contribution in [3.05, 3.63) is 62.3 Å². The number of aromatic nitrogens is 1. The fraction of sp³-hybridized carbons (Fsp3) is 0.214. The van der Waals surface area contributed by atoms with Gasteiger partial charge in [-0.1, -0.05) is 23.2 Å². The van der Waals surface area contributed by atoms with E-state index in [9.17, 15) is 0 Å². The molecule has 0 aliphatic rings. The first kappa shape index (κ1) is 14.8. The van der Waals surface area contributed by atoms with Crippen LogP contribution < -0.4 is 5.32 Å². The van der Waals surface area contributed by atoms with E-state index in [1.807, 2.05) is 31.3 Å². The fourth-order valence-corrected chi connectivity index (χ4v) is 2.55. The third-order valence-electron chi connectivity index (χ3n) is 2.88. The maximum absolute atomic E-state index is 6.23. The van der Waals surface area contributed by atoms with Gasteiger partial charge in [0.2, 0.25) is 0 Å². The largest absolute Gasteiger partial charge is 0.313 e. The Hall–Kier alpha value is -0.610. The third kappa shape index (κ3) is 3.93. The van der Waals surface area contributed by atoms with Gasteiger partial charge in [0, 0.05) is 38.9 Å². The summed E-state index contributed by atoms with van der Waals surface area (Å²) in [5, 5.41) is 4.65. The van der Waals surface area contributed by atoms with Crippen LogP contribution in [0.5, 0.6) is 0 Å². The molecule has 1 aromatic carbocycles. The summed E-state index contributed by atoms with van der Waals surface area (Å²) in [6, 6.07) is 9.56. The van der Waals surface area contributed by atoms with Gasteiger partial charge in [0.15, 0.2) is 0 Å². The fourth-order valence-electron chi connectivity index (χ4n) is 1.89. The number of nitrogens with one attached hydrogen (secondary N) is 1. The lowest BCUT2D eigenvalue weighted by atomic mass is 10.0. The number of hydrogen-bond donors (Lipinski definition) is 1. The molecule has 1 aromatic heterocycles. The molecule has 19 heavy (non-hydrogen) atoms. The van der Waals surface area contributed by atoms with Crippen molar-refractivity contribution in [3.8, 4) is 0 Å². The van der Waals surface area contributed by atoms with Crippen molar-refractivity contribution >= 4 is 39.1 Å². The second-order valence-electron chi connectivity index (χ2n) is 4.18. The van der Waals surface area contributed by atoms with Crippen LogP contribution in [-0.2, 0) is 6.42 Å². The maximum Gasteiger partial charge on any atom is 0.0454 e. The summed E-state index contributed by atoms with van der Waals surface area (Å²) in [4.78, 5) is 4.38. The minimum atomic E-state index is 0.0832. The Morgan fingerprint density at radius 1 is 1.26 bits per heavy atom. The summed E-state index contributed by atoms with van der Waals surface area (Å²) in [6.45, 7) is 0. The number of nitrogens with zero attached hydrogens (tertiary/aromatic N) is 1. The van der Waals surface area contributed by atoms with Crippen LogP contribution in [0.3, 0.4) is 0 Å². The summed E-state index contributed by atoms with van der Waals surface area (Å²) >= 11 is 15.6. The molecule has 0 bridgehead atoms. The van der Waals surface area contributed by atoms with E-state index < -0.39 is 0 Å². The number of benzene rings is 1. The molecule has 0 saturated heterocycles. The Balaban J connectivity index is 2.24. The Morgan fingerprint density at radius 3 is 2.68 bits per heavy atom. The molecule has 0 aliphatic heterocycles. The first-order chi connectivity index (χ1) is 9.10. The molecule has 0 aliphatic carbocycles. The zero-order valence-corrected chi connectivity index (χ0v) is 13.4. The van der Waals surface area contributed by atoms with Crippen molar-refractivity contribution < 1.29 is 0 Å². The van der Waals surface area contributed by atoms with Gasteiger partial charge in [-0.2, -0.15) is 0 Å². The summed E-state index contributed by atoms with van der Waals surface area (Å²) in [6.07, 6.45) is 2.55. The molecule has 1 unspecified atom stereocenters. The molecule has 0 fully saturated rings. The maximum atomic E-state index is 6.23. The standard InChI is InChI=1S/C14H13BrCl2N2/c1-18-14(7-11-4-2-9(15)8-19-11)12-6-10(16)3-5-13(12)17/h2-6,8,14,18H,7H2,1H3. The SMILES string of the molecule is CNC(Cc1ccc(Br)cn1)c1cc(Cl)ccc1Cl. The zero-order chi connectivity index (χ0) is 13.8. The van der Waals surface area contributed by atoms with E-state index in [2.05, 4.69) is 26.2 Å². The lowest BCUT2D eigenvalue weighted by Gasteiger charge is -2.18. The second-order valence-corrected chi connectivity index (χ2v) is 5.94. The molecule has 1 N–H and O–H groups in total. The normalized spacial score (nSPS) is 12.4. The molecule has 1 atom stereocenters. The van der Waals surface area contributed by atoms with Crippen molar-refractivity contribution in [1.82, 2.24) is 10.3 Å². The molecular weight excluding hydrogens is 347 g/mol. The second kappa shape index (κ2) is 6.71. The van der Waals surface area contributed by atoms with Gasteiger partial charge in [0.1, 0.15) is 0 Å². The van der Waals surface area contributed by atoms with E-state index in [0.29, 0.717) is 10.0 Å². The minimum Gasteiger partial charge on any atom is -0.313 e. The molecule has 2 aromatic rings. The van der Waals surface area contributed by atoms with Gasteiger partial charge in [0.25, 0.3) is 0 Å². The first-order valence-corrected chi connectivity index (χ1v) is 7.37. The van der Waals surface area contributed by atoms with E-state index in [1.54, 1.807) is 12.3 Å². The smallest absolute Gasteiger partial charge is 0.0454 e. The number of likely N-dealkylation sites (N-methyl/N-ethyl adjacent to an activating group) is 1. The van der Waals surface area contributed by atoms with Crippen LogP contribution in [0, 0.1) is 0 Å². The predicted molar refractivity (Wildman–Crippen MR) is 83.9 cm³/mol. The number of hydrogen-bond acceptors (Lipinski definition) is 2. The predicted octanol–water partition coefficient (Wildman–Crippen LogP) is 4.65. The van der Waals surface area contributed by atoms with Crippen LogP contribution in [-0.4, -0.2) is 12.0 Å². The van der Waals surface area contributed by atoms with Gasteiger partial charge in [0.05, 0.1) is 0 Å². The average molecular weight is 360 g/mol. The van der Waals surface area contributed by atoms with Gasteiger partial charge in [-0.05, 0) is 58.9 Å².